The molecule has 194 valence electrons. The van der Waals surface area contributed by atoms with Crippen molar-refractivity contribution in [3.8, 4) is 0 Å². The van der Waals surface area contributed by atoms with E-state index in [-0.39, 0.29) is 27.3 Å². The van der Waals surface area contributed by atoms with Gasteiger partial charge in [-0.15, -0.1) is 15.5 Å². The van der Waals surface area contributed by atoms with Gasteiger partial charge >= 0.3 is 5.92 Å². The van der Waals surface area contributed by atoms with Crippen LogP contribution >= 0.6 is 25.8 Å². The van der Waals surface area contributed by atoms with Gasteiger partial charge < -0.3 is 0 Å². The first-order valence-corrected chi connectivity index (χ1v) is 14.8. The Bertz CT molecular complexity index is 1370. The van der Waals surface area contributed by atoms with Gasteiger partial charge in [0.2, 0.25) is 9.84 Å². The van der Waals surface area contributed by atoms with Crippen molar-refractivity contribution in [2.45, 2.75) is 62.3 Å². The van der Waals surface area contributed by atoms with Crippen molar-refractivity contribution in [2.24, 2.45) is 17.3 Å². The summed E-state index contributed by atoms with van der Waals surface area (Å²) >= 11 is 2.94. The maximum absolute atomic E-state index is 15.2. The summed E-state index contributed by atoms with van der Waals surface area (Å²) < 4.78 is 90.4. The van der Waals surface area contributed by atoms with Crippen LogP contribution in [0.5, 0.6) is 0 Å². The molecule has 4 aliphatic carbocycles. The van der Waals surface area contributed by atoms with Gasteiger partial charge in [-0.1, -0.05) is 25.1 Å². The average Bonchev–Trinajstić information content (AvgIpc) is 3.29. The minimum absolute atomic E-state index is 0.154. The lowest BCUT2D eigenvalue weighted by atomic mass is 9.55. The lowest BCUT2D eigenvalue weighted by Gasteiger charge is -2.48. The molecule has 10 heteroatoms. The number of benzene rings is 1. The fourth-order valence-corrected chi connectivity index (χ4v) is 9.48. The van der Waals surface area contributed by atoms with E-state index in [4.69, 9.17) is 0 Å². The van der Waals surface area contributed by atoms with Crippen LogP contribution in [-0.2, 0) is 11.2 Å². The van der Waals surface area contributed by atoms with E-state index < -0.39 is 31.3 Å². The van der Waals surface area contributed by atoms with E-state index in [0.717, 1.165) is 49.1 Å². The molecule has 4 aliphatic rings. The molecule has 0 spiro atoms. The molecule has 0 radical (unpaired) electrons. The van der Waals surface area contributed by atoms with Crippen LogP contribution in [0.2, 0.25) is 0 Å². The molecular weight excluding hydrogens is 568 g/mol. The van der Waals surface area contributed by atoms with E-state index in [1.54, 1.807) is 6.07 Å². The third kappa shape index (κ3) is 3.18. The maximum Gasteiger partial charge on any atom is 0.312 e. The second-order valence-corrected chi connectivity index (χ2v) is 14.8. The zero-order chi connectivity index (χ0) is 26.0. The molecule has 1 heterocycles. The smallest absolute Gasteiger partial charge is 0.299 e. The second-order valence-electron chi connectivity index (χ2n) is 10.9. The number of hydrogen-bond donors (Lipinski definition) is 0. The lowest BCUT2D eigenvalue weighted by Crippen LogP contribution is -2.42. The normalized spacial score (nSPS) is 32.8. The topological polar surface area (TPSA) is 30.0 Å². The van der Waals surface area contributed by atoms with Crippen LogP contribution in [-0.4, -0.2) is 16.7 Å². The first-order chi connectivity index (χ1) is 16.6. The molecule has 0 bridgehead atoms. The molecule has 0 amide bonds. The highest BCUT2D eigenvalue weighted by Gasteiger charge is 2.84. The molecule has 2 nitrogen and oxygen atoms in total. The number of carbonyl (C=O) groups is 1. The van der Waals surface area contributed by atoms with E-state index in [2.05, 4.69) is 20.9 Å². The van der Waals surface area contributed by atoms with Crippen molar-refractivity contribution < 1.29 is 29.1 Å². The third-order valence-corrected chi connectivity index (χ3v) is 11.9. The molecule has 4 atom stereocenters. The SMILES string of the molecule is C[C@]12CCC3c4ccc(C5=C(S(F)(F)(F)(F)c6ccc(Br)cn6)C5(F)F)cc4CCC3C1CCC2=O. The number of carbonyl (C=O) groups excluding carboxylic acids is 1. The van der Waals surface area contributed by atoms with Crippen molar-refractivity contribution in [3.63, 3.8) is 0 Å². The Kier molecular flexibility index (Phi) is 4.62. The summed E-state index contributed by atoms with van der Waals surface area (Å²) in [5.41, 5.74) is -0.205. The number of allylic oxidation sites excluding steroid dienone is 2. The highest BCUT2D eigenvalue weighted by atomic mass is 79.9. The zero-order valence-electron chi connectivity index (χ0n) is 19.3. The van der Waals surface area contributed by atoms with Crippen LogP contribution in [0.3, 0.4) is 0 Å². The minimum atomic E-state index is -9.53. The van der Waals surface area contributed by atoms with Gasteiger partial charge in [0.25, 0.3) is 0 Å². The fraction of sp³-hybridized carbons (Fsp3) is 0.462. The number of hydrogen-bond acceptors (Lipinski definition) is 2. The number of fused-ring (bicyclic) bond motifs is 5. The molecular formula is C26H24BrF6NOS. The maximum atomic E-state index is 15.2. The van der Waals surface area contributed by atoms with Gasteiger partial charge in [-0.25, -0.2) is 4.98 Å². The summed E-state index contributed by atoms with van der Waals surface area (Å²) in [7, 11) is -9.53. The van der Waals surface area contributed by atoms with Crippen LogP contribution in [0.1, 0.15) is 61.6 Å². The molecule has 2 aromatic rings. The van der Waals surface area contributed by atoms with E-state index in [0.29, 0.717) is 30.6 Å². The molecule has 1 aromatic heterocycles. The predicted octanol–water partition coefficient (Wildman–Crippen LogP) is 9.10. The molecule has 0 N–H and O–H groups in total. The molecule has 1 aromatic carbocycles. The number of aryl methyl sites for hydroxylation is 1. The van der Waals surface area contributed by atoms with E-state index in [1.807, 2.05) is 6.92 Å². The Labute approximate surface area is 213 Å². The molecule has 36 heavy (non-hydrogen) atoms. The van der Waals surface area contributed by atoms with Gasteiger partial charge in [-0.2, -0.15) is 8.78 Å². The summed E-state index contributed by atoms with van der Waals surface area (Å²) in [5, 5.41) is -1.93. The van der Waals surface area contributed by atoms with E-state index in [1.165, 1.54) is 12.1 Å². The van der Waals surface area contributed by atoms with Gasteiger partial charge in [0.15, 0.2) is 5.03 Å². The molecule has 0 aliphatic heterocycles. The Hall–Kier alpha value is -1.81. The second kappa shape index (κ2) is 6.79. The monoisotopic (exact) mass is 591 g/mol. The number of aromatic nitrogens is 1. The summed E-state index contributed by atoms with van der Waals surface area (Å²) in [6.45, 7) is 2.05. The van der Waals surface area contributed by atoms with Crippen molar-refractivity contribution in [2.75, 3.05) is 0 Å². The van der Waals surface area contributed by atoms with Crippen LogP contribution < -0.4 is 0 Å². The van der Waals surface area contributed by atoms with Crippen LogP contribution in [0.4, 0.5) is 24.3 Å². The van der Waals surface area contributed by atoms with E-state index >= 15 is 15.5 Å². The number of nitrogens with zero attached hydrogens (tertiary/aromatic N) is 1. The molecule has 3 unspecified atom stereocenters. The van der Waals surface area contributed by atoms with Crippen LogP contribution in [0.15, 0.2) is 50.9 Å². The van der Waals surface area contributed by atoms with Crippen molar-refractivity contribution >= 4 is 37.1 Å². The minimum Gasteiger partial charge on any atom is -0.299 e. The van der Waals surface area contributed by atoms with Crippen molar-refractivity contribution in [1.82, 2.24) is 4.98 Å². The summed E-state index contributed by atoms with van der Waals surface area (Å²) in [6.07, 6.45) is 5.03. The quantitative estimate of drug-likeness (QED) is 0.333. The Morgan fingerprint density at radius 1 is 1.03 bits per heavy atom. The van der Waals surface area contributed by atoms with Crippen molar-refractivity contribution in [1.29, 1.82) is 0 Å². The van der Waals surface area contributed by atoms with Gasteiger partial charge in [-0.05, 0) is 94.6 Å². The highest BCUT2D eigenvalue weighted by molar-refractivity contribution is 9.10. The Morgan fingerprint density at radius 3 is 2.47 bits per heavy atom. The number of Topliss-reactive ketones (excluding diaryl/α,β-unsaturated/α-hetero) is 1. The number of pyridine rings is 1. The molecule has 2 fully saturated rings. The average molecular weight is 592 g/mol. The summed E-state index contributed by atoms with van der Waals surface area (Å²) in [6, 6.07) is 5.63. The standard InChI is InChI=1S/C26H24BrF6NOS/c1-25-11-10-18-17-5-3-15(12-14(17)2-6-19(18)20(25)7-8-21(25)35)23-24(26(23,28)29)36(30,31,32,33)22-9-4-16(27)13-34-22/h3-5,9,12-13,18-20H,2,6-8,10-11H2,1H3/t18?,19?,20?,25-/m0/s1. The van der Waals surface area contributed by atoms with Gasteiger partial charge in [0.1, 0.15) is 10.7 Å². The highest BCUT2D eigenvalue weighted by Crippen LogP contribution is 3.09. The van der Waals surface area contributed by atoms with Gasteiger partial charge in [0.05, 0.1) is 5.57 Å². The number of halogens is 7. The zero-order valence-corrected chi connectivity index (χ0v) is 21.8. The molecule has 6 rings (SSSR count). The lowest BCUT2D eigenvalue weighted by molar-refractivity contribution is -0.129. The van der Waals surface area contributed by atoms with Gasteiger partial charge in [0, 0.05) is 22.5 Å². The summed E-state index contributed by atoms with van der Waals surface area (Å²) in [4.78, 5) is 13.2. The molecule has 2 saturated carbocycles. The summed E-state index contributed by atoms with van der Waals surface area (Å²) in [5.74, 6) is -3.38. The van der Waals surface area contributed by atoms with E-state index in [9.17, 15) is 13.6 Å². The first kappa shape index (κ1) is 24.5. The number of ketones is 1. The third-order valence-electron chi connectivity index (χ3n) is 9.02. The van der Waals surface area contributed by atoms with Crippen LogP contribution in [0.25, 0.3) is 5.57 Å². The van der Waals surface area contributed by atoms with Gasteiger partial charge in [-0.3, -0.25) is 4.79 Å². The Morgan fingerprint density at radius 2 is 1.78 bits per heavy atom. The molecule has 0 saturated heterocycles. The largest absolute Gasteiger partial charge is 0.312 e. The number of rotatable bonds is 3. The first-order valence-electron chi connectivity index (χ1n) is 12.0. The number of alkyl halides is 2. The van der Waals surface area contributed by atoms with Crippen molar-refractivity contribution in [3.05, 3.63) is 62.6 Å². The predicted molar refractivity (Wildman–Crippen MR) is 130 cm³/mol. The van der Waals surface area contributed by atoms with Crippen LogP contribution in [0, 0.1) is 17.3 Å². The Balaban J connectivity index is 1.39. The fourth-order valence-electron chi connectivity index (χ4n) is 7.21.